The minimum atomic E-state index is 1.05. The Morgan fingerprint density at radius 3 is 2.72 bits per heavy atom. The zero-order valence-corrected chi connectivity index (χ0v) is 12.8. The van der Waals surface area contributed by atoms with Crippen LogP contribution in [0.3, 0.4) is 0 Å². The molecule has 3 heteroatoms. The molecule has 0 unspecified atom stereocenters. The molecule has 1 aromatic carbocycles. The average Bonchev–Trinajstić information content (AvgIpc) is 2.38. The number of halogens is 1. The molecule has 1 fully saturated rings. The lowest BCUT2D eigenvalue weighted by Gasteiger charge is -2.26. The summed E-state index contributed by atoms with van der Waals surface area (Å²) in [5.41, 5.74) is 2.50. The highest BCUT2D eigenvalue weighted by Gasteiger charge is 2.08. The van der Waals surface area contributed by atoms with Gasteiger partial charge in [-0.25, -0.2) is 0 Å². The normalized spacial score (nSPS) is 16.8. The van der Waals surface area contributed by atoms with E-state index < -0.39 is 0 Å². The number of anilines is 1. The van der Waals surface area contributed by atoms with Crippen LogP contribution in [0.25, 0.3) is 0 Å². The van der Waals surface area contributed by atoms with E-state index in [9.17, 15) is 0 Å². The lowest BCUT2D eigenvalue weighted by Crippen LogP contribution is -2.31. The molecule has 0 saturated carbocycles. The predicted molar refractivity (Wildman–Crippen MR) is 82.3 cm³/mol. The number of benzene rings is 1. The second-order valence-electron chi connectivity index (χ2n) is 5.17. The molecule has 0 aliphatic carbocycles. The van der Waals surface area contributed by atoms with Crippen molar-refractivity contribution in [3.63, 3.8) is 0 Å². The highest BCUT2D eigenvalue weighted by Crippen LogP contribution is 2.23. The molecule has 1 aliphatic heterocycles. The van der Waals surface area contributed by atoms with Gasteiger partial charge in [-0.05, 0) is 79.4 Å². The Balaban J connectivity index is 1.68. The van der Waals surface area contributed by atoms with E-state index in [1.54, 1.807) is 0 Å². The molecule has 2 rings (SSSR count). The van der Waals surface area contributed by atoms with E-state index >= 15 is 0 Å². The molecule has 100 valence electrons. The topological polar surface area (TPSA) is 15.3 Å². The number of nitrogens with zero attached hydrogens (tertiary/aromatic N) is 1. The van der Waals surface area contributed by atoms with Gasteiger partial charge in [-0.2, -0.15) is 0 Å². The van der Waals surface area contributed by atoms with Gasteiger partial charge in [0.25, 0.3) is 0 Å². The van der Waals surface area contributed by atoms with Crippen LogP contribution in [0.5, 0.6) is 0 Å². The number of nitrogens with one attached hydrogen (secondary N) is 1. The van der Waals surface area contributed by atoms with E-state index in [4.69, 9.17) is 0 Å². The lowest BCUT2D eigenvalue weighted by atomic mass is 10.1. The van der Waals surface area contributed by atoms with Crippen LogP contribution in [-0.4, -0.2) is 31.1 Å². The standard InChI is InChI=1S/C15H23BrN2/c1-13-6-7-15(14(16)12-13)17-8-5-11-18-9-3-2-4-10-18/h6-7,12,17H,2-5,8-11H2,1H3. The monoisotopic (exact) mass is 310 g/mol. The van der Waals surface area contributed by atoms with Crippen molar-refractivity contribution in [3.8, 4) is 0 Å². The van der Waals surface area contributed by atoms with Gasteiger partial charge >= 0.3 is 0 Å². The highest BCUT2D eigenvalue weighted by atomic mass is 79.9. The Labute approximate surface area is 119 Å². The predicted octanol–water partition coefficient (Wildman–Crippen LogP) is 4.05. The number of aryl methyl sites for hydroxylation is 1. The quantitative estimate of drug-likeness (QED) is 0.826. The summed E-state index contributed by atoms with van der Waals surface area (Å²) in [6, 6.07) is 6.46. The van der Waals surface area contributed by atoms with E-state index in [1.807, 2.05) is 0 Å². The smallest absolute Gasteiger partial charge is 0.0484 e. The first-order chi connectivity index (χ1) is 8.75. The van der Waals surface area contributed by atoms with Gasteiger partial charge in [0.15, 0.2) is 0 Å². The van der Waals surface area contributed by atoms with Crippen LogP contribution in [0.1, 0.15) is 31.2 Å². The number of hydrogen-bond donors (Lipinski definition) is 1. The van der Waals surface area contributed by atoms with Crippen molar-refractivity contribution < 1.29 is 0 Å². The van der Waals surface area contributed by atoms with Gasteiger partial charge in [0.2, 0.25) is 0 Å². The fourth-order valence-electron chi connectivity index (χ4n) is 2.47. The van der Waals surface area contributed by atoms with Crippen LogP contribution in [-0.2, 0) is 0 Å². The van der Waals surface area contributed by atoms with E-state index in [0.29, 0.717) is 0 Å². The van der Waals surface area contributed by atoms with Crippen LogP contribution in [0.15, 0.2) is 22.7 Å². The molecule has 1 heterocycles. The second kappa shape index (κ2) is 7.15. The van der Waals surface area contributed by atoms with Gasteiger partial charge in [0.05, 0.1) is 0 Å². The number of piperidine rings is 1. The molecule has 1 aliphatic rings. The van der Waals surface area contributed by atoms with E-state index in [1.165, 1.54) is 61.0 Å². The molecular formula is C15H23BrN2. The Bertz CT molecular complexity index is 373. The largest absolute Gasteiger partial charge is 0.384 e. The molecule has 1 aromatic rings. The molecule has 1 N–H and O–H groups in total. The zero-order chi connectivity index (χ0) is 12.8. The van der Waals surface area contributed by atoms with Crippen LogP contribution >= 0.6 is 15.9 Å². The lowest BCUT2D eigenvalue weighted by molar-refractivity contribution is 0.228. The van der Waals surface area contributed by atoms with Gasteiger partial charge < -0.3 is 10.2 Å². The third-order valence-electron chi connectivity index (χ3n) is 3.54. The van der Waals surface area contributed by atoms with Crippen LogP contribution < -0.4 is 5.32 Å². The van der Waals surface area contributed by atoms with Crippen LogP contribution in [0.2, 0.25) is 0 Å². The van der Waals surface area contributed by atoms with Crippen molar-refractivity contribution in [1.82, 2.24) is 4.90 Å². The summed E-state index contributed by atoms with van der Waals surface area (Å²) in [5.74, 6) is 0. The van der Waals surface area contributed by atoms with Crippen molar-refractivity contribution in [2.75, 3.05) is 31.5 Å². The van der Waals surface area contributed by atoms with Crippen molar-refractivity contribution >= 4 is 21.6 Å². The summed E-state index contributed by atoms with van der Waals surface area (Å²) in [5, 5.41) is 3.51. The van der Waals surface area contributed by atoms with Crippen molar-refractivity contribution in [3.05, 3.63) is 28.2 Å². The molecule has 1 saturated heterocycles. The van der Waals surface area contributed by atoms with Crippen molar-refractivity contribution in [1.29, 1.82) is 0 Å². The van der Waals surface area contributed by atoms with Crippen LogP contribution in [0, 0.1) is 6.92 Å². The Morgan fingerprint density at radius 2 is 2.00 bits per heavy atom. The molecule has 0 radical (unpaired) electrons. The third-order valence-corrected chi connectivity index (χ3v) is 4.20. The first kappa shape index (κ1) is 13.9. The fraction of sp³-hybridized carbons (Fsp3) is 0.600. The molecule has 0 bridgehead atoms. The SMILES string of the molecule is Cc1ccc(NCCCN2CCCCC2)c(Br)c1. The fourth-order valence-corrected chi connectivity index (χ4v) is 3.11. The van der Waals surface area contributed by atoms with Gasteiger partial charge in [0, 0.05) is 16.7 Å². The van der Waals surface area contributed by atoms with E-state index in [2.05, 4.69) is 51.3 Å². The summed E-state index contributed by atoms with van der Waals surface area (Å²) in [4.78, 5) is 2.59. The summed E-state index contributed by atoms with van der Waals surface area (Å²) >= 11 is 3.60. The first-order valence-corrected chi connectivity index (χ1v) is 7.77. The summed E-state index contributed by atoms with van der Waals surface area (Å²) < 4.78 is 1.17. The molecular weight excluding hydrogens is 288 g/mol. The molecule has 18 heavy (non-hydrogen) atoms. The first-order valence-electron chi connectivity index (χ1n) is 6.98. The van der Waals surface area contributed by atoms with Crippen LogP contribution in [0.4, 0.5) is 5.69 Å². The molecule has 0 aromatic heterocycles. The van der Waals surface area contributed by atoms with Gasteiger partial charge in [-0.15, -0.1) is 0 Å². The van der Waals surface area contributed by atoms with Crippen molar-refractivity contribution in [2.45, 2.75) is 32.6 Å². The highest BCUT2D eigenvalue weighted by molar-refractivity contribution is 9.10. The summed E-state index contributed by atoms with van der Waals surface area (Å²) in [6.45, 7) is 7.00. The molecule has 0 spiro atoms. The number of rotatable bonds is 5. The van der Waals surface area contributed by atoms with Crippen molar-refractivity contribution in [2.24, 2.45) is 0 Å². The summed E-state index contributed by atoms with van der Waals surface area (Å²) in [6.07, 6.45) is 5.42. The number of hydrogen-bond acceptors (Lipinski definition) is 2. The summed E-state index contributed by atoms with van der Waals surface area (Å²) in [7, 11) is 0. The molecule has 2 nitrogen and oxygen atoms in total. The minimum absolute atomic E-state index is 1.05. The maximum atomic E-state index is 3.60. The Hall–Kier alpha value is -0.540. The minimum Gasteiger partial charge on any atom is -0.384 e. The molecule has 0 amide bonds. The average molecular weight is 311 g/mol. The maximum Gasteiger partial charge on any atom is 0.0484 e. The second-order valence-corrected chi connectivity index (χ2v) is 6.02. The van der Waals surface area contributed by atoms with E-state index in [0.717, 1.165) is 6.54 Å². The van der Waals surface area contributed by atoms with Gasteiger partial charge in [0.1, 0.15) is 0 Å². The third kappa shape index (κ3) is 4.29. The maximum absolute atomic E-state index is 3.60. The Morgan fingerprint density at radius 1 is 1.22 bits per heavy atom. The zero-order valence-electron chi connectivity index (χ0n) is 11.2. The number of likely N-dealkylation sites (tertiary alicyclic amines) is 1. The Kier molecular flexibility index (Phi) is 5.51. The van der Waals surface area contributed by atoms with Gasteiger partial charge in [-0.1, -0.05) is 12.5 Å². The van der Waals surface area contributed by atoms with E-state index in [-0.39, 0.29) is 0 Å². The molecule has 0 atom stereocenters. The van der Waals surface area contributed by atoms with Gasteiger partial charge in [-0.3, -0.25) is 0 Å².